The fraction of sp³-hybridized carbons (Fsp3) is 0.500. The molecule has 112 valence electrons. The number of carbonyl (C=O) groups is 1. The van der Waals surface area contributed by atoms with Gasteiger partial charge >= 0.3 is 0 Å². The second-order valence-corrected chi connectivity index (χ2v) is 5.65. The molecule has 0 bridgehead atoms. The minimum atomic E-state index is 0.0651. The highest BCUT2D eigenvalue weighted by molar-refractivity contribution is 5.94. The molecule has 0 aromatic heterocycles. The summed E-state index contributed by atoms with van der Waals surface area (Å²) in [4.78, 5) is 14.5. The predicted octanol–water partition coefficient (Wildman–Crippen LogP) is 2.60. The maximum absolute atomic E-state index is 12.6. The average molecular weight is 285 g/mol. The van der Waals surface area contributed by atoms with E-state index in [-0.39, 0.29) is 12.5 Å². The minimum absolute atomic E-state index is 0.0651. The number of aryl methyl sites for hydroxylation is 1. The first-order valence-electron chi connectivity index (χ1n) is 7.64. The van der Waals surface area contributed by atoms with Crippen molar-refractivity contribution in [2.45, 2.75) is 33.1 Å². The van der Waals surface area contributed by atoms with Crippen LogP contribution in [0.3, 0.4) is 0 Å². The molecule has 21 heavy (non-hydrogen) atoms. The number of hydrogen-bond donors (Lipinski definition) is 1. The molecule has 1 fully saturated rings. The molecule has 1 aromatic rings. The third-order valence-electron chi connectivity index (χ3n) is 3.64. The molecule has 1 aliphatic rings. The first-order valence-corrected chi connectivity index (χ1v) is 7.64. The number of aliphatic hydroxyl groups is 1. The largest absolute Gasteiger partial charge is 0.395 e. The van der Waals surface area contributed by atoms with Crippen LogP contribution in [0.25, 0.3) is 0 Å². The van der Waals surface area contributed by atoms with Gasteiger partial charge in [0.1, 0.15) is 0 Å². The van der Waals surface area contributed by atoms with Gasteiger partial charge in [0.05, 0.1) is 6.61 Å². The molecular formula is C18H23NO2. The molecule has 1 aromatic carbocycles. The summed E-state index contributed by atoms with van der Waals surface area (Å²) in [5, 5.41) is 8.77. The van der Waals surface area contributed by atoms with E-state index in [4.69, 9.17) is 5.11 Å². The summed E-state index contributed by atoms with van der Waals surface area (Å²) in [7, 11) is 0. The van der Waals surface area contributed by atoms with Crippen LogP contribution in [0.5, 0.6) is 0 Å². The lowest BCUT2D eigenvalue weighted by molar-refractivity contribution is 0.0757. The summed E-state index contributed by atoms with van der Waals surface area (Å²) in [5.74, 6) is 6.71. The van der Waals surface area contributed by atoms with Crippen LogP contribution in [0.2, 0.25) is 0 Å². The summed E-state index contributed by atoms with van der Waals surface area (Å²) >= 11 is 0. The van der Waals surface area contributed by atoms with Crippen LogP contribution in [0.15, 0.2) is 18.2 Å². The lowest BCUT2D eigenvalue weighted by atomic mass is 10.1. The van der Waals surface area contributed by atoms with Crippen LogP contribution in [-0.4, -0.2) is 35.6 Å². The predicted molar refractivity (Wildman–Crippen MR) is 84.1 cm³/mol. The van der Waals surface area contributed by atoms with Gasteiger partial charge in [-0.05, 0) is 56.4 Å². The van der Waals surface area contributed by atoms with Crippen molar-refractivity contribution >= 4 is 5.91 Å². The molecule has 1 N–H and O–H groups in total. The van der Waals surface area contributed by atoms with Crippen LogP contribution < -0.4 is 0 Å². The molecule has 1 saturated carbocycles. The van der Waals surface area contributed by atoms with Gasteiger partial charge in [0.15, 0.2) is 0 Å². The van der Waals surface area contributed by atoms with E-state index in [0.717, 1.165) is 24.2 Å². The molecule has 3 heteroatoms. The van der Waals surface area contributed by atoms with E-state index in [1.165, 1.54) is 12.8 Å². The Balaban J connectivity index is 2.17. The quantitative estimate of drug-likeness (QED) is 0.845. The summed E-state index contributed by atoms with van der Waals surface area (Å²) in [6.45, 7) is 5.68. The van der Waals surface area contributed by atoms with Gasteiger partial charge in [-0.15, -0.1) is 0 Å². The lowest BCUT2D eigenvalue weighted by Crippen LogP contribution is -2.32. The van der Waals surface area contributed by atoms with Gasteiger partial charge in [-0.3, -0.25) is 4.79 Å². The molecule has 0 unspecified atom stereocenters. The Morgan fingerprint density at radius 3 is 2.76 bits per heavy atom. The van der Waals surface area contributed by atoms with Crippen molar-refractivity contribution in [1.29, 1.82) is 0 Å². The van der Waals surface area contributed by atoms with E-state index in [2.05, 4.69) is 11.8 Å². The first-order chi connectivity index (χ1) is 10.1. The number of amides is 1. The van der Waals surface area contributed by atoms with Crippen LogP contribution in [-0.2, 0) is 0 Å². The van der Waals surface area contributed by atoms with Crippen LogP contribution in [0.4, 0.5) is 0 Å². The zero-order valence-corrected chi connectivity index (χ0v) is 12.9. The van der Waals surface area contributed by atoms with Gasteiger partial charge in [0, 0.05) is 30.6 Å². The molecule has 0 heterocycles. The van der Waals surface area contributed by atoms with Crippen molar-refractivity contribution in [3.8, 4) is 11.8 Å². The van der Waals surface area contributed by atoms with Crippen molar-refractivity contribution in [1.82, 2.24) is 4.90 Å². The van der Waals surface area contributed by atoms with Crippen LogP contribution in [0.1, 0.15) is 47.7 Å². The second-order valence-electron chi connectivity index (χ2n) is 5.65. The smallest absolute Gasteiger partial charge is 0.253 e. The Hall–Kier alpha value is -1.79. The topological polar surface area (TPSA) is 40.5 Å². The highest BCUT2D eigenvalue weighted by Crippen LogP contribution is 2.30. The maximum Gasteiger partial charge on any atom is 0.253 e. The van der Waals surface area contributed by atoms with Crippen molar-refractivity contribution in [2.24, 2.45) is 5.92 Å². The highest BCUT2D eigenvalue weighted by atomic mass is 16.2. The molecule has 1 amide bonds. The van der Waals surface area contributed by atoms with Crippen LogP contribution >= 0.6 is 0 Å². The van der Waals surface area contributed by atoms with E-state index in [9.17, 15) is 4.79 Å². The Morgan fingerprint density at radius 1 is 1.38 bits per heavy atom. The number of aliphatic hydroxyl groups excluding tert-OH is 1. The van der Waals surface area contributed by atoms with Crippen LogP contribution in [0, 0.1) is 24.7 Å². The van der Waals surface area contributed by atoms with Gasteiger partial charge in [-0.1, -0.05) is 11.8 Å². The Morgan fingerprint density at radius 2 is 2.14 bits per heavy atom. The lowest BCUT2D eigenvalue weighted by Gasteiger charge is -2.21. The molecule has 0 spiro atoms. The molecule has 2 rings (SSSR count). The van der Waals surface area contributed by atoms with Crippen molar-refractivity contribution < 1.29 is 9.90 Å². The van der Waals surface area contributed by atoms with E-state index in [0.29, 0.717) is 17.9 Å². The van der Waals surface area contributed by atoms with Crippen molar-refractivity contribution in [3.05, 3.63) is 34.9 Å². The fourth-order valence-electron chi connectivity index (χ4n) is 2.35. The Kier molecular flexibility index (Phi) is 5.41. The standard InChI is InChI=1S/C18H23NO2/c1-3-19(13-15-7-8-15)18(21)17-11-14(2)10-16(12-17)6-4-5-9-20/h10-12,15,20H,3,5,7-9,13H2,1-2H3. The Labute approximate surface area is 127 Å². The van der Waals surface area contributed by atoms with E-state index in [1.54, 1.807) is 0 Å². The third-order valence-corrected chi connectivity index (χ3v) is 3.64. The van der Waals surface area contributed by atoms with Gasteiger partial charge in [-0.2, -0.15) is 0 Å². The molecule has 0 radical (unpaired) electrons. The summed E-state index contributed by atoms with van der Waals surface area (Å²) in [5.41, 5.74) is 2.59. The Bertz CT molecular complexity index is 564. The van der Waals surface area contributed by atoms with Gasteiger partial charge in [-0.25, -0.2) is 0 Å². The SMILES string of the molecule is CCN(CC1CC1)C(=O)c1cc(C)cc(C#CCCO)c1. The third kappa shape index (κ3) is 4.61. The molecule has 3 nitrogen and oxygen atoms in total. The zero-order chi connectivity index (χ0) is 15.2. The molecular weight excluding hydrogens is 262 g/mol. The number of rotatable bonds is 5. The van der Waals surface area contributed by atoms with Gasteiger partial charge in [0.25, 0.3) is 5.91 Å². The van der Waals surface area contributed by atoms with Gasteiger partial charge < -0.3 is 10.0 Å². The monoisotopic (exact) mass is 285 g/mol. The summed E-state index contributed by atoms with van der Waals surface area (Å²) < 4.78 is 0. The fourth-order valence-corrected chi connectivity index (χ4v) is 2.35. The summed E-state index contributed by atoms with van der Waals surface area (Å²) in [6.07, 6.45) is 2.95. The maximum atomic E-state index is 12.6. The zero-order valence-electron chi connectivity index (χ0n) is 12.9. The normalized spacial score (nSPS) is 13.5. The molecule has 0 saturated heterocycles. The minimum Gasteiger partial charge on any atom is -0.395 e. The average Bonchev–Trinajstić information content (AvgIpc) is 3.28. The first kappa shape index (κ1) is 15.6. The number of carbonyl (C=O) groups excluding carboxylic acids is 1. The van der Waals surface area contributed by atoms with Crippen molar-refractivity contribution in [2.75, 3.05) is 19.7 Å². The molecule has 0 atom stereocenters. The van der Waals surface area contributed by atoms with E-state index >= 15 is 0 Å². The highest BCUT2D eigenvalue weighted by Gasteiger charge is 2.26. The van der Waals surface area contributed by atoms with E-state index < -0.39 is 0 Å². The second kappa shape index (κ2) is 7.28. The number of benzene rings is 1. The summed E-state index contributed by atoms with van der Waals surface area (Å²) in [6, 6.07) is 5.75. The van der Waals surface area contributed by atoms with Gasteiger partial charge in [0.2, 0.25) is 0 Å². The van der Waals surface area contributed by atoms with E-state index in [1.807, 2.05) is 36.9 Å². The molecule has 0 aliphatic heterocycles. The number of hydrogen-bond acceptors (Lipinski definition) is 2. The number of nitrogens with zero attached hydrogens (tertiary/aromatic N) is 1. The molecule has 1 aliphatic carbocycles. The van der Waals surface area contributed by atoms with Crippen molar-refractivity contribution in [3.63, 3.8) is 0 Å².